The van der Waals surface area contributed by atoms with E-state index >= 15 is 0 Å². The van der Waals surface area contributed by atoms with Crippen LogP contribution in [0.4, 0.5) is 0 Å². The van der Waals surface area contributed by atoms with Gasteiger partial charge in [-0.3, -0.25) is 9.59 Å². The van der Waals surface area contributed by atoms with Crippen molar-refractivity contribution in [3.63, 3.8) is 0 Å². The lowest BCUT2D eigenvalue weighted by molar-refractivity contribution is -0.148. The number of amides is 2. The molecule has 0 saturated carbocycles. The average Bonchev–Trinajstić information content (AvgIpc) is 2.41. The van der Waals surface area contributed by atoms with Gasteiger partial charge in [0.2, 0.25) is 11.8 Å². The highest BCUT2D eigenvalue weighted by Crippen LogP contribution is 2.12. The van der Waals surface area contributed by atoms with Crippen molar-refractivity contribution in [3.05, 3.63) is 0 Å². The number of piperazine rings is 1. The molecule has 0 aromatic carbocycles. The first-order chi connectivity index (χ1) is 9.11. The van der Waals surface area contributed by atoms with E-state index in [1.165, 1.54) is 0 Å². The molecule has 2 amide bonds. The molecule has 19 heavy (non-hydrogen) atoms. The monoisotopic (exact) mass is 270 g/mol. The third-order valence-electron chi connectivity index (χ3n) is 3.48. The predicted octanol–water partition coefficient (Wildman–Crippen LogP) is 1.32. The zero-order chi connectivity index (χ0) is 14.3. The van der Waals surface area contributed by atoms with Crippen molar-refractivity contribution >= 4 is 11.8 Å². The summed E-state index contributed by atoms with van der Waals surface area (Å²) in [5.41, 5.74) is 0. The zero-order valence-corrected chi connectivity index (χ0v) is 12.3. The Morgan fingerprint density at radius 1 is 1.21 bits per heavy atom. The summed E-state index contributed by atoms with van der Waals surface area (Å²) in [6.07, 6.45) is 3.61. The number of ether oxygens (including phenoxy) is 1. The highest BCUT2D eigenvalue weighted by Gasteiger charge is 2.36. The van der Waals surface area contributed by atoms with Gasteiger partial charge in [0, 0.05) is 19.8 Å². The predicted molar refractivity (Wildman–Crippen MR) is 73.7 cm³/mol. The summed E-state index contributed by atoms with van der Waals surface area (Å²) in [4.78, 5) is 25.6. The number of hydrogen-bond acceptors (Lipinski definition) is 3. The first-order valence-electron chi connectivity index (χ1n) is 7.30. The van der Waals surface area contributed by atoms with Crippen LogP contribution in [0.15, 0.2) is 0 Å². The van der Waals surface area contributed by atoms with E-state index in [1.807, 2.05) is 6.92 Å². The minimum Gasteiger partial charge on any atom is -0.381 e. The quantitative estimate of drug-likeness (QED) is 0.677. The molecule has 1 aliphatic rings. The fourth-order valence-electron chi connectivity index (χ4n) is 2.15. The molecule has 2 unspecified atom stereocenters. The molecule has 1 fully saturated rings. The Morgan fingerprint density at radius 3 is 2.53 bits per heavy atom. The second kappa shape index (κ2) is 8.15. The Bertz CT molecular complexity index is 307. The van der Waals surface area contributed by atoms with Crippen LogP contribution in [0.1, 0.15) is 46.5 Å². The lowest BCUT2D eigenvalue weighted by atomic mass is 10.1. The topological polar surface area (TPSA) is 58.6 Å². The van der Waals surface area contributed by atoms with Gasteiger partial charge in [0.05, 0.1) is 0 Å². The normalized spacial score (nSPS) is 23.6. The molecule has 110 valence electrons. The first kappa shape index (κ1) is 16.0. The van der Waals surface area contributed by atoms with Crippen LogP contribution in [0.3, 0.4) is 0 Å². The summed E-state index contributed by atoms with van der Waals surface area (Å²) in [5.74, 6) is -0.0264. The molecule has 1 heterocycles. The molecule has 0 aliphatic carbocycles. The number of unbranched alkanes of at least 4 members (excludes halogenated alkanes) is 1. The van der Waals surface area contributed by atoms with Gasteiger partial charge in [0.1, 0.15) is 12.1 Å². The van der Waals surface area contributed by atoms with Crippen LogP contribution in [0.25, 0.3) is 0 Å². The maximum absolute atomic E-state index is 12.1. The summed E-state index contributed by atoms with van der Waals surface area (Å²) in [7, 11) is 0. The van der Waals surface area contributed by atoms with Gasteiger partial charge in [-0.2, -0.15) is 0 Å². The van der Waals surface area contributed by atoms with Crippen molar-refractivity contribution < 1.29 is 14.3 Å². The van der Waals surface area contributed by atoms with E-state index in [-0.39, 0.29) is 23.9 Å². The molecule has 1 aliphatic heterocycles. The number of rotatable bonds is 8. The molecule has 1 rings (SSSR count). The Hall–Kier alpha value is -1.10. The summed E-state index contributed by atoms with van der Waals surface area (Å²) >= 11 is 0. The molecule has 0 spiro atoms. The van der Waals surface area contributed by atoms with E-state index in [4.69, 9.17) is 4.74 Å². The van der Waals surface area contributed by atoms with Crippen molar-refractivity contribution in [1.82, 2.24) is 10.2 Å². The fourth-order valence-corrected chi connectivity index (χ4v) is 2.15. The number of nitrogens with zero attached hydrogens (tertiary/aromatic N) is 1. The summed E-state index contributed by atoms with van der Waals surface area (Å²) in [5, 5.41) is 2.75. The van der Waals surface area contributed by atoms with Crippen LogP contribution in [0, 0.1) is 0 Å². The van der Waals surface area contributed by atoms with Crippen LogP contribution in [0.2, 0.25) is 0 Å². The van der Waals surface area contributed by atoms with Crippen molar-refractivity contribution in [1.29, 1.82) is 0 Å². The first-order valence-corrected chi connectivity index (χ1v) is 7.30. The van der Waals surface area contributed by atoms with Gasteiger partial charge in [-0.05, 0) is 26.2 Å². The molecule has 1 saturated heterocycles. The van der Waals surface area contributed by atoms with Crippen LogP contribution >= 0.6 is 0 Å². The second-order valence-corrected chi connectivity index (χ2v) is 5.00. The van der Waals surface area contributed by atoms with Crippen LogP contribution in [-0.4, -0.2) is 48.6 Å². The van der Waals surface area contributed by atoms with E-state index in [1.54, 1.807) is 11.8 Å². The van der Waals surface area contributed by atoms with Crippen LogP contribution in [-0.2, 0) is 14.3 Å². The molecule has 0 radical (unpaired) electrons. The van der Waals surface area contributed by atoms with Crippen molar-refractivity contribution in [2.24, 2.45) is 0 Å². The van der Waals surface area contributed by atoms with E-state index < -0.39 is 0 Å². The average molecular weight is 270 g/mol. The molecule has 2 atom stereocenters. The Kier molecular flexibility index (Phi) is 6.84. The highest BCUT2D eigenvalue weighted by molar-refractivity contribution is 5.96. The standard InChI is InChI=1S/C14H26N2O3/c1-4-6-9-19-10-7-8-16-11(3)13(17)15-12(5-2)14(16)18/h11-12H,4-10H2,1-3H3,(H,15,17). The van der Waals surface area contributed by atoms with Crippen LogP contribution in [0.5, 0.6) is 0 Å². The maximum atomic E-state index is 12.1. The third-order valence-corrected chi connectivity index (χ3v) is 3.48. The minimum atomic E-state index is -0.369. The highest BCUT2D eigenvalue weighted by atomic mass is 16.5. The molecule has 0 aromatic heterocycles. The number of nitrogens with one attached hydrogen (secondary N) is 1. The van der Waals surface area contributed by atoms with Crippen molar-refractivity contribution in [2.75, 3.05) is 19.8 Å². The van der Waals surface area contributed by atoms with Gasteiger partial charge in [-0.15, -0.1) is 0 Å². The van der Waals surface area contributed by atoms with Gasteiger partial charge in [-0.25, -0.2) is 0 Å². The molecular formula is C14H26N2O3. The molecule has 5 nitrogen and oxygen atoms in total. The Morgan fingerprint density at radius 2 is 1.89 bits per heavy atom. The Labute approximate surface area is 115 Å². The largest absolute Gasteiger partial charge is 0.381 e. The minimum absolute atomic E-state index is 0.0307. The number of hydrogen-bond donors (Lipinski definition) is 1. The van der Waals surface area contributed by atoms with Gasteiger partial charge in [-0.1, -0.05) is 20.3 Å². The molecular weight excluding hydrogens is 244 g/mol. The van der Waals surface area contributed by atoms with Gasteiger partial charge in [0.25, 0.3) is 0 Å². The zero-order valence-electron chi connectivity index (χ0n) is 12.3. The molecule has 0 aromatic rings. The van der Waals surface area contributed by atoms with Crippen molar-refractivity contribution in [2.45, 2.75) is 58.5 Å². The SMILES string of the molecule is CCCCOCCCN1C(=O)C(CC)NC(=O)C1C. The lowest BCUT2D eigenvalue weighted by Gasteiger charge is -2.37. The summed E-state index contributed by atoms with van der Waals surface area (Å²) < 4.78 is 5.48. The van der Waals surface area contributed by atoms with Crippen molar-refractivity contribution in [3.8, 4) is 0 Å². The van der Waals surface area contributed by atoms with Gasteiger partial charge in [0.15, 0.2) is 0 Å². The summed E-state index contributed by atoms with van der Waals surface area (Å²) in [6.45, 7) is 7.83. The van der Waals surface area contributed by atoms with Gasteiger partial charge >= 0.3 is 0 Å². The van der Waals surface area contributed by atoms with E-state index in [2.05, 4.69) is 12.2 Å². The third kappa shape index (κ3) is 4.49. The van der Waals surface area contributed by atoms with E-state index in [9.17, 15) is 9.59 Å². The summed E-state index contributed by atoms with van der Waals surface area (Å²) in [6, 6.07) is -0.726. The smallest absolute Gasteiger partial charge is 0.245 e. The molecule has 5 heteroatoms. The van der Waals surface area contributed by atoms with E-state index in [0.29, 0.717) is 19.6 Å². The Balaban J connectivity index is 2.36. The number of carbonyl (C=O) groups excluding carboxylic acids is 2. The number of carbonyl (C=O) groups is 2. The van der Waals surface area contributed by atoms with Crippen LogP contribution < -0.4 is 5.32 Å². The molecule has 0 bridgehead atoms. The molecule has 1 N–H and O–H groups in total. The maximum Gasteiger partial charge on any atom is 0.245 e. The fraction of sp³-hybridized carbons (Fsp3) is 0.857. The van der Waals surface area contributed by atoms with Gasteiger partial charge < -0.3 is 15.0 Å². The van der Waals surface area contributed by atoms with E-state index in [0.717, 1.165) is 25.9 Å². The lowest BCUT2D eigenvalue weighted by Crippen LogP contribution is -2.62. The second-order valence-electron chi connectivity index (χ2n) is 5.00.